The van der Waals surface area contributed by atoms with Gasteiger partial charge in [0.15, 0.2) is 5.16 Å². The monoisotopic (exact) mass is 478 g/mol. The zero-order valence-corrected chi connectivity index (χ0v) is 19.7. The van der Waals surface area contributed by atoms with Gasteiger partial charge in [0.2, 0.25) is 5.91 Å². The zero-order chi connectivity index (χ0) is 23.1. The Kier molecular flexibility index (Phi) is 8.58. The zero-order valence-electron chi connectivity index (χ0n) is 18.2. The van der Waals surface area contributed by atoms with Crippen molar-refractivity contribution in [2.75, 3.05) is 19.7 Å². The molecule has 10 heteroatoms. The summed E-state index contributed by atoms with van der Waals surface area (Å²) in [7, 11) is 0. The van der Waals surface area contributed by atoms with E-state index in [9.17, 15) is 14.4 Å². The van der Waals surface area contributed by atoms with Gasteiger partial charge in [-0.3, -0.25) is 9.59 Å². The normalized spacial score (nSPS) is 14.3. The predicted octanol–water partition coefficient (Wildman–Crippen LogP) is 3.30. The second-order valence-corrected chi connectivity index (χ2v) is 8.96. The van der Waals surface area contributed by atoms with Crippen molar-refractivity contribution in [2.45, 2.75) is 50.1 Å². The van der Waals surface area contributed by atoms with Crippen LogP contribution in [0.3, 0.4) is 0 Å². The summed E-state index contributed by atoms with van der Waals surface area (Å²) in [6.45, 7) is 4.91. The molecule has 172 valence electrons. The molecular weight excluding hydrogens is 452 g/mol. The third-order valence-corrected chi connectivity index (χ3v) is 6.37. The van der Waals surface area contributed by atoms with Crippen molar-refractivity contribution < 1.29 is 14.3 Å². The first kappa shape index (κ1) is 24.1. The Hall–Kier alpha value is -2.52. The predicted molar refractivity (Wildman–Crippen MR) is 124 cm³/mol. The van der Waals surface area contributed by atoms with Gasteiger partial charge in [-0.05, 0) is 44.4 Å². The van der Waals surface area contributed by atoms with E-state index in [0.717, 1.165) is 5.56 Å². The Balaban J connectivity index is 1.53. The quantitative estimate of drug-likeness (QED) is 0.467. The second kappa shape index (κ2) is 11.4. The number of likely N-dealkylation sites (tertiary alicyclic amines) is 1. The van der Waals surface area contributed by atoms with Crippen LogP contribution in [0.1, 0.15) is 36.6 Å². The standard InChI is InChI=1S/C22H27ClN4O4S/c1-3-31-22(30)27-9-7-17(8-10-27)25-19(28)12-18-14(2)24-21(26-20(18)29)32-13-15-5-4-6-16(23)11-15/h4-6,11,17H,3,7-10,12-13H2,1-2H3,(H,25,28)(H,24,26,29). The van der Waals surface area contributed by atoms with Crippen molar-refractivity contribution in [3.05, 3.63) is 56.5 Å². The molecule has 8 nitrogen and oxygen atoms in total. The molecule has 1 aromatic heterocycles. The summed E-state index contributed by atoms with van der Waals surface area (Å²) in [5, 5.41) is 4.13. The van der Waals surface area contributed by atoms with Crippen LogP contribution in [0.2, 0.25) is 5.02 Å². The Morgan fingerprint density at radius 2 is 2.09 bits per heavy atom. The highest BCUT2D eigenvalue weighted by molar-refractivity contribution is 7.98. The van der Waals surface area contributed by atoms with Gasteiger partial charge < -0.3 is 19.9 Å². The Morgan fingerprint density at radius 3 is 2.75 bits per heavy atom. The number of aromatic amines is 1. The molecule has 0 saturated carbocycles. The molecule has 0 aliphatic carbocycles. The lowest BCUT2D eigenvalue weighted by Crippen LogP contribution is -2.47. The first-order valence-corrected chi connectivity index (χ1v) is 11.9. The molecule has 1 aliphatic heterocycles. The van der Waals surface area contributed by atoms with E-state index in [1.54, 1.807) is 18.7 Å². The molecule has 0 spiro atoms. The van der Waals surface area contributed by atoms with Crippen molar-refractivity contribution in [2.24, 2.45) is 0 Å². The van der Waals surface area contributed by atoms with Crippen molar-refractivity contribution in [1.29, 1.82) is 0 Å². The SMILES string of the molecule is CCOC(=O)N1CCC(NC(=O)Cc2c(C)nc(SCc3cccc(Cl)c3)[nH]c2=O)CC1. The van der Waals surface area contributed by atoms with E-state index in [0.29, 0.717) is 59.7 Å². The fourth-order valence-electron chi connectivity index (χ4n) is 3.50. The first-order valence-electron chi connectivity index (χ1n) is 10.5. The number of aryl methyl sites for hydroxylation is 1. The molecule has 0 atom stereocenters. The van der Waals surface area contributed by atoms with Gasteiger partial charge in [0.1, 0.15) is 0 Å². The second-order valence-electron chi connectivity index (χ2n) is 7.56. The van der Waals surface area contributed by atoms with Gasteiger partial charge in [0.05, 0.1) is 13.0 Å². The van der Waals surface area contributed by atoms with Gasteiger partial charge in [-0.15, -0.1) is 0 Å². The lowest BCUT2D eigenvalue weighted by atomic mass is 10.0. The highest BCUT2D eigenvalue weighted by Crippen LogP contribution is 2.21. The van der Waals surface area contributed by atoms with E-state index in [1.165, 1.54) is 11.8 Å². The molecule has 2 heterocycles. The van der Waals surface area contributed by atoms with Gasteiger partial charge >= 0.3 is 6.09 Å². The van der Waals surface area contributed by atoms with E-state index in [2.05, 4.69) is 15.3 Å². The molecule has 1 fully saturated rings. The van der Waals surface area contributed by atoms with E-state index < -0.39 is 0 Å². The maximum atomic E-state index is 12.6. The minimum Gasteiger partial charge on any atom is -0.450 e. The van der Waals surface area contributed by atoms with Crippen LogP contribution < -0.4 is 10.9 Å². The fourth-order valence-corrected chi connectivity index (χ4v) is 4.56. The summed E-state index contributed by atoms with van der Waals surface area (Å²) in [5.41, 5.74) is 1.62. The maximum Gasteiger partial charge on any atom is 0.409 e. The molecule has 1 aliphatic rings. The number of hydrogen-bond acceptors (Lipinski definition) is 6. The molecule has 1 aromatic carbocycles. The largest absolute Gasteiger partial charge is 0.450 e. The fraction of sp³-hybridized carbons (Fsp3) is 0.455. The van der Waals surface area contributed by atoms with E-state index in [4.69, 9.17) is 16.3 Å². The Labute approximate surface area is 196 Å². The molecule has 3 rings (SSSR count). The molecule has 0 radical (unpaired) electrons. The highest BCUT2D eigenvalue weighted by Gasteiger charge is 2.25. The lowest BCUT2D eigenvalue weighted by Gasteiger charge is -2.31. The molecule has 0 unspecified atom stereocenters. The van der Waals surface area contributed by atoms with Gasteiger partial charge in [-0.2, -0.15) is 0 Å². The number of halogens is 1. The number of nitrogens with zero attached hydrogens (tertiary/aromatic N) is 2. The average molecular weight is 479 g/mol. The number of nitrogens with one attached hydrogen (secondary N) is 2. The summed E-state index contributed by atoms with van der Waals surface area (Å²) >= 11 is 7.41. The minimum absolute atomic E-state index is 0.0342. The number of benzene rings is 1. The number of rotatable bonds is 7. The number of thioether (sulfide) groups is 1. The van der Waals surface area contributed by atoms with Crippen LogP contribution in [0, 0.1) is 6.92 Å². The summed E-state index contributed by atoms with van der Waals surface area (Å²) in [6, 6.07) is 7.48. The van der Waals surface area contributed by atoms with Crippen molar-refractivity contribution in [1.82, 2.24) is 20.2 Å². The molecule has 2 N–H and O–H groups in total. The van der Waals surface area contributed by atoms with Gasteiger partial charge in [0, 0.05) is 41.2 Å². The highest BCUT2D eigenvalue weighted by atomic mass is 35.5. The minimum atomic E-state index is -0.321. The molecule has 1 saturated heterocycles. The molecule has 0 bridgehead atoms. The van der Waals surface area contributed by atoms with Gasteiger partial charge in [-0.1, -0.05) is 35.5 Å². The third-order valence-electron chi connectivity index (χ3n) is 5.19. The topological polar surface area (TPSA) is 104 Å². The lowest BCUT2D eigenvalue weighted by molar-refractivity contribution is -0.121. The van der Waals surface area contributed by atoms with Crippen molar-refractivity contribution >= 4 is 35.4 Å². The number of carbonyl (C=O) groups is 2. The van der Waals surface area contributed by atoms with Crippen LogP contribution in [-0.2, 0) is 21.7 Å². The number of amides is 2. The summed E-state index contributed by atoms with van der Waals surface area (Å²) in [4.78, 5) is 45.7. The number of hydrogen-bond donors (Lipinski definition) is 2. The Bertz CT molecular complexity index is 1020. The van der Waals surface area contributed by atoms with Crippen LogP contribution in [0.5, 0.6) is 0 Å². The van der Waals surface area contributed by atoms with Crippen molar-refractivity contribution in [3.8, 4) is 0 Å². The molecular formula is C22H27ClN4O4S. The van der Waals surface area contributed by atoms with Gasteiger partial charge in [-0.25, -0.2) is 9.78 Å². The van der Waals surface area contributed by atoms with Crippen LogP contribution >= 0.6 is 23.4 Å². The first-order chi connectivity index (χ1) is 15.4. The Morgan fingerprint density at radius 1 is 1.34 bits per heavy atom. The summed E-state index contributed by atoms with van der Waals surface area (Å²) in [6.07, 6.45) is 0.943. The number of piperidine rings is 1. The summed E-state index contributed by atoms with van der Waals surface area (Å²) < 4.78 is 5.01. The van der Waals surface area contributed by atoms with Crippen LogP contribution in [0.15, 0.2) is 34.2 Å². The van der Waals surface area contributed by atoms with Crippen LogP contribution in [0.4, 0.5) is 4.79 Å². The number of carbonyl (C=O) groups excluding carboxylic acids is 2. The number of H-pyrrole nitrogens is 1. The molecule has 2 amide bonds. The van der Waals surface area contributed by atoms with E-state index >= 15 is 0 Å². The summed E-state index contributed by atoms with van der Waals surface area (Å²) in [5.74, 6) is 0.391. The van der Waals surface area contributed by atoms with Gasteiger partial charge in [0.25, 0.3) is 5.56 Å². The van der Waals surface area contributed by atoms with Crippen LogP contribution in [-0.4, -0.2) is 52.6 Å². The maximum absolute atomic E-state index is 12.6. The third kappa shape index (κ3) is 6.74. The molecule has 32 heavy (non-hydrogen) atoms. The molecule has 2 aromatic rings. The van der Waals surface area contributed by atoms with E-state index in [-0.39, 0.29) is 30.0 Å². The van der Waals surface area contributed by atoms with E-state index in [1.807, 2.05) is 24.3 Å². The van der Waals surface area contributed by atoms with Crippen LogP contribution in [0.25, 0.3) is 0 Å². The smallest absolute Gasteiger partial charge is 0.409 e. The average Bonchev–Trinajstić information content (AvgIpc) is 2.75. The van der Waals surface area contributed by atoms with Crippen molar-refractivity contribution in [3.63, 3.8) is 0 Å². The number of aromatic nitrogens is 2. The number of ether oxygens (including phenoxy) is 1.